The largest absolute Gasteiger partial charge is 0.344 e. The number of piperidine rings is 1. The Kier molecular flexibility index (Phi) is 5.17. The monoisotopic (exact) mass is 395 g/mol. The van der Waals surface area contributed by atoms with Crippen LogP contribution in [0.2, 0.25) is 0 Å². The molecule has 0 aliphatic carbocycles. The second-order valence-corrected chi connectivity index (χ2v) is 8.56. The molecule has 0 bridgehead atoms. The SMILES string of the molecule is CC(=O)N(C)c1cnn(C(=O)N2CC3(CCN(Cc4ccccc4C)CC3)C2)c1. The van der Waals surface area contributed by atoms with Gasteiger partial charge in [0.15, 0.2) is 0 Å². The fourth-order valence-corrected chi connectivity index (χ4v) is 4.35. The third-order valence-electron chi connectivity index (χ3n) is 6.52. The van der Waals surface area contributed by atoms with Crippen molar-refractivity contribution >= 4 is 17.6 Å². The summed E-state index contributed by atoms with van der Waals surface area (Å²) in [6.45, 7) is 8.40. The van der Waals surface area contributed by atoms with Crippen LogP contribution in [0.5, 0.6) is 0 Å². The molecular weight excluding hydrogens is 366 g/mol. The summed E-state index contributed by atoms with van der Waals surface area (Å²) in [6.07, 6.45) is 5.43. The van der Waals surface area contributed by atoms with Gasteiger partial charge < -0.3 is 9.80 Å². The highest BCUT2D eigenvalue weighted by Crippen LogP contribution is 2.41. The van der Waals surface area contributed by atoms with Crippen molar-refractivity contribution < 1.29 is 9.59 Å². The van der Waals surface area contributed by atoms with E-state index in [-0.39, 0.29) is 17.4 Å². The minimum atomic E-state index is -0.110. The van der Waals surface area contributed by atoms with Gasteiger partial charge in [0.2, 0.25) is 5.91 Å². The van der Waals surface area contributed by atoms with E-state index >= 15 is 0 Å². The number of aromatic nitrogens is 2. The molecule has 2 fully saturated rings. The zero-order chi connectivity index (χ0) is 20.6. The predicted molar refractivity (Wildman–Crippen MR) is 112 cm³/mol. The highest BCUT2D eigenvalue weighted by atomic mass is 16.2. The van der Waals surface area contributed by atoms with E-state index in [0.717, 1.165) is 45.6 Å². The van der Waals surface area contributed by atoms with Crippen LogP contribution in [0, 0.1) is 12.3 Å². The lowest BCUT2D eigenvalue weighted by Gasteiger charge is -2.53. The van der Waals surface area contributed by atoms with E-state index in [1.54, 1.807) is 19.4 Å². The summed E-state index contributed by atoms with van der Waals surface area (Å²) in [4.78, 5) is 30.1. The van der Waals surface area contributed by atoms with Crippen molar-refractivity contribution in [2.75, 3.05) is 38.1 Å². The molecule has 29 heavy (non-hydrogen) atoms. The number of benzene rings is 1. The highest BCUT2D eigenvalue weighted by Gasteiger charge is 2.47. The molecule has 2 aromatic rings. The number of carbonyl (C=O) groups is 2. The molecule has 0 N–H and O–H groups in total. The summed E-state index contributed by atoms with van der Waals surface area (Å²) in [6, 6.07) is 8.47. The van der Waals surface area contributed by atoms with E-state index in [0.29, 0.717) is 5.69 Å². The van der Waals surface area contributed by atoms with Gasteiger partial charge in [0, 0.05) is 39.0 Å². The summed E-state index contributed by atoms with van der Waals surface area (Å²) in [7, 11) is 1.68. The van der Waals surface area contributed by atoms with Gasteiger partial charge in [0.25, 0.3) is 0 Å². The van der Waals surface area contributed by atoms with Gasteiger partial charge in [-0.05, 0) is 44.0 Å². The average Bonchev–Trinajstić information content (AvgIpc) is 3.17. The van der Waals surface area contributed by atoms with Crippen LogP contribution in [0.15, 0.2) is 36.7 Å². The van der Waals surface area contributed by atoms with Gasteiger partial charge in [-0.25, -0.2) is 4.79 Å². The maximum Gasteiger partial charge on any atom is 0.344 e. The Morgan fingerprint density at radius 3 is 2.52 bits per heavy atom. The first-order valence-corrected chi connectivity index (χ1v) is 10.2. The molecule has 154 valence electrons. The molecule has 0 atom stereocenters. The Bertz CT molecular complexity index is 905. The number of rotatable bonds is 3. The van der Waals surface area contributed by atoms with Crippen LogP contribution >= 0.6 is 0 Å². The van der Waals surface area contributed by atoms with Gasteiger partial charge in [0.05, 0.1) is 18.1 Å². The first-order valence-electron chi connectivity index (χ1n) is 10.2. The third-order valence-corrected chi connectivity index (χ3v) is 6.52. The molecule has 2 amide bonds. The summed E-state index contributed by atoms with van der Waals surface area (Å²) >= 11 is 0. The zero-order valence-corrected chi connectivity index (χ0v) is 17.5. The Balaban J connectivity index is 1.29. The molecule has 4 rings (SSSR count). The maximum atomic E-state index is 12.7. The fourth-order valence-electron chi connectivity index (χ4n) is 4.35. The number of nitrogens with zero attached hydrogens (tertiary/aromatic N) is 5. The number of likely N-dealkylation sites (tertiary alicyclic amines) is 2. The highest BCUT2D eigenvalue weighted by molar-refractivity contribution is 5.91. The van der Waals surface area contributed by atoms with Crippen LogP contribution in [0.3, 0.4) is 0 Å². The minimum absolute atomic E-state index is 0.0858. The molecule has 0 unspecified atom stereocenters. The Hall–Kier alpha value is -2.67. The normalized spacial score (nSPS) is 18.5. The summed E-state index contributed by atoms with van der Waals surface area (Å²) < 4.78 is 1.34. The smallest absolute Gasteiger partial charge is 0.322 e. The van der Waals surface area contributed by atoms with E-state index in [4.69, 9.17) is 0 Å². The molecule has 7 heteroatoms. The third kappa shape index (κ3) is 3.92. The maximum absolute atomic E-state index is 12.7. The molecular formula is C22H29N5O2. The number of hydrogen-bond donors (Lipinski definition) is 0. The Labute approximate surface area is 171 Å². The fraction of sp³-hybridized carbons (Fsp3) is 0.500. The van der Waals surface area contributed by atoms with Gasteiger partial charge in [0.1, 0.15) is 0 Å². The van der Waals surface area contributed by atoms with E-state index in [1.165, 1.54) is 27.6 Å². The molecule has 2 saturated heterocycles. The molecule has 2 aliphatic rings. The number of hydrogen-bond acceptors (Lipinski definition) is 4. The first-order chi connectivity index (χ1) is 13.9. The molecule has 1 aromatic carbocycles. The summed E-state index contributed by atoms with van der Waals surface area (Å²) in [5.41, 5.74) is 3.64. The molecule has 0 saturated carbocycles. The van der Waals surface area contributed by atoms with Gasteiger partial charge in [-0.15, -0.1) is 0 Å². The minimum Gasteiger partial charge on any atom is -0.322 e. The van der Waals surface area contributed by atoms with Crippen molar-refractivity contribution in [3.05, 3.63) is 47.8 Å². The van der Waals surface area contributed by atoms with Crippen molar-refractivity contribution in [2.24, 2.45) is 5.41 Å². The molecule has 1 spiro atoms. The van der Waals surface area contributed by atoms with Crippen LogP contribution < -0.4 is 4.90 Å². The number of aryl methyl sites for hydroxylation is 1. The van der Waals surface area contributed by atoms with Gasteiger partial charge in [-0.1, -0.05) is 24.3 Å². The van der Waals surface area contributed by atoms with Crippen molar-refractivity contribution in [3.63, 3.8) is 0 Å². The van der Waals surface area contributed by atoms with E-state index < -0.39 is 0 Å². The van der Waals surface area contributed by atoms with Crippen LogP contribution in [-0.2, 0) is 11.3 Å². The quantitative estimate of drug-likeness (QED) is 0.802. The second kappa shape index (κ2) is 7.63. The van der Waals surface area contributed by atoms with Crippen LogP contribution in [0.25, 0.3) is 0 Å². The van der Waals surface area contributed by atoms with Crippen LogP contribution in [0.1, 0.15) is 30.9 Å². The Morgan fingerprint density at radius 1 is 1.17 bits per heavy atom. The van der Waals surface area contributed by atoms with Gasteiger partial charge in [-0.3, -0.25) is 9.69 Å². The Morgan fingerprint density at radius 2 is 1.86 bits per heavy atom. The van der Waals surface area contributed by atoms with E-state index in [9.17, 15) is 9.59 Å². The lowest BCUT2D eigenvalue weighted by atomic mass is 9.72. The number of carbonyl (C=O) groups excluding carboxylic acids is 2. The van der Waals surface area contributed by atoms with E-state index in [1.807, 2.05) is 4.90 Å². The van der Waals surface area contributed by atoms with Crippen LogP contribution in [0.4, 0.5) is 10.5 Å². The number of amides is 2. The second-order valence-electron chi connectivity index (χ2n) is 8.56. The molecule has 1 aromatic heterocycles. The summed E-state index contributed by atoms with van der Waals surface area (Å²) in [5.74, 6) is -0.0858. The topological polar surface area (TPSA) is 61.7 Å². The lowest BCUT2D eigenvalue weighted by molar-refractivity contribution is -0.116. The van der Waals surface area contributed by atoms with Crippen molar-refractivity contribution in [1.82, 2.24) is 19.6 Å². The van der Waals surface area contributed by atoms with Crippen LogP contribution in [-0.4, -0.2) is 64.7 Å². The molecule has 2 aliphatic heterocycles. The molecule has 7 nitrogen and oxygen atoms in total. The summed E-state index contributed by atoms with van der Waals surface area (Å²) in [5, 5.41) is 4.15. The lowest BCUT2D eigenvalue weighted by Crippen LogP contribution is -2.62. The standard InChI is InChI=1S/C22H29N5O2/c1-17-6-4-5-7-19(17)13-25-10-8-22(9-11-25)15-26(16-22)21(29)27-14-20(12-23-27)24(3)18(2)28/h4-7,12,14H,8-11,13,15-16H2,1-3H3. The van der Waals surface area contributed by atoms with Crippen molar-refractivity contribution in [2.45, 2.75) is 33.2 Å². The first kappa shape index (κ1) is 19.6. The molecule has 3 heterocycles. The van der Waals surface area contributed by atoms with Gasteiger partial charge >= 0.3 is 6.03 Å². The van der Waals surface area contributed by atoms with Crippen molar-refractivity contribution in [3.8, 4) is 0 Å². The molecule has 0 radical (unpaired) electrons. The average molecular weight is 396 g/mol. The zero-order valence-electron chi connectivity index (χ0n) is 17.5. The number of anilines is 1. The van der Waals surface area contributed by atoms with Crippen molar-refractivity contribution in [1.29, 1.82) is 0 Å². The van der Waals surface area contributed by atoms with Gasteiger partial charge in [-0.2, -0.15) is 9.78 Å². The van der Waals surface area contributed by atoms with E-state index in [2.05, 4.69) is 41.2 Å². The predicted octanol–water partition coefficient (Wildman–Crippen LogP) is 2.74.